The molecule has 0 saturated heterocycles. The first-order chi connectivity index (χ1) is 31.8. The highest BCUT2D eigenvalue weighted by Crippen LogP contribution is 2.47. The predicted octanol–water partition coefficient (Wildman–Crippen LogP) is 12.6. The topological polar surface area (TPSA) is 118 Å². The SMILES string of the molecule is CC1(C)CCC(C)(C)c2cc(CBr)ccc21.COC(=O)CC(c1ccc(OCc2ccc3c(c2)C(C)(C)CCC3(C)C)cc1)n1cccn1.COC(=O)C[C@H](c1ccc(O)cc1)n1cccn1. The van der Waals surface area contributed by atoms with E-state index in [0.717, 1.165) is 22.2 Å². The van der Waals surface area contributed by atoms with E-state index in [1.807, 2.05) is 36.5 Å². The number of ether oxygens (including phenoxy) is 3. The van der Waals surface area contributed by atoms with E-state index in [-0.39, 0.29) is 53.4 Å². The van der Waals surface area contributed by atoms with Gasteiger partial charge in [0.2, 0.25) is 0 Å². The molecule has 2 atom stereocenters. The number of aromatic nitrogens is 4. The number of rotatable bonds is 12. The van der Waals surface area contributed by atoms with Gasteiger partial charge in [-0.15, -0.1) is 0 Å². The van der Waals surface area contributed by atoms with E-state index < -0.39 is 0 Å². The molecule has 0 bridgehead atoms. The first-order valence-corrected chi connectivity index (χ1v) is 24.4. The summed E-state index contributed by atoms with van der Waals surface area (Å²) in [5.74, 6) is 0.419. The normalized spacial score (nSPS) is 16.8. The number of fused-ring (bicyclic) bond motifs is 2. The van der Waals surface area contributed by atoms with E-state index in [9.17, 15) is 14.7 Å². The molecule has 6 aromatic rings. The first kappa shape index (κ1) is 50.7. The Kier molecular flexibility index (Phi) is 16.3. The van der Waals surface area contributed by atoms with Crippen molar-refractivity contribution in [1.29, 1.82) is 0 Å². The molecule has 0 radical (unpaired) electrons. The first-order valence-electron chi connectivity index (χ1n) is 23.2. The van der Waals surface area contributed by atoms with Crippen LogP contribution in [0.25, 0.3) is 0 Å². The van der Waals surface area contributed by atoms with Crippen LogP contribution in [0.5, 0.6) is 11.5 Å². The molecule has 1 unspecified atom stereocenters. The molecule has 0 fully saturated rings. The van der Waals surface area contributed by atoms with Crippen LogP contribution in [0.2, 0.25) is 0 Å². The number of nitrogens with zero attached hydrogens (tertiary/aromatic N) is 4. The number of phenols is 1. The number of halogens is 1. The maximum atomic E-state index is 11.9. The van der Waals surface area contributed by atoms with Gasteiger partial charge in [-0.25, -0.2) is 0 Å². The molecule has 67 heavy (non-hydrogen) atoms. The lowest BCUT2D eigenvalue weighted by molar-refractivity contribution is -0.142. The third-order valence-corrected chi connectivity index (χ3v) is 14.4. The van der Waals surface area contributed by atoms with Gasteiger partial charge < -0.3 is 19.3 Å². The third-order valence-electron chi connectivity index (χ3n) is 13.8. The van der Waals surface area contributed by atoms with Crippen molar-refractivity contribution in [2.75, 3.05) is 14.2 Å². The number of hydrogen-bond donors (Lipinski definition) is 1. The lowest BCUT2D eigenvalue weighted by Gasteiger charge is -2.42. The van der Waals surface area contributed by atoms with Crippen molar-refractivity contribution in [3.05, 3.63) is 166 Å². The van der Waals surface area contributed by atoms with Crippen LogP contribution in [0.4, 0.5) is 0 Å². The van der Waals surface area contributed by atoms with Crippen LogP contribution in [0.3, 0.4) is 0 Å². The number of carbonyl (C=O) groups is 2. The van der Waals surface area contributed by atoms with Crippen LogP contribution in [0.15, 0.2) is 122 Å². The molecule has 0 aliphatic heterocycles. The van der Waals surface area contributed by atoms with Crippen molar-refractivity contribution in [3.63, 3.8) is 0 Å². The largest absolute Gasteiger partial charge is 0.508 e. The second-order valence-electron chi connectivity index (χ2n) is 20.4. The van der Waals surface area contributed by atoms with Crippen molar-refractivity contribution in [1.82, 2.24) is 19.6 Å². The van der Waals surface area contributed by atoms with Gasteiger partial charge in [-0.2, -0.15) is 10.2 Å². The Balaban J connectivity index is 0.000000183. The number of benzene rings is 4. The summed E-state index contributed by atoms with van der Waals surface area (Å²) in [5.41, 5.74) is 11.5. The van der Waals surface area contributed by atoms with Crippen molar-refractivity contribution in [2.45, 2.75) is 140 Å². The van der Waals surface area contributed by atoms with E-state index >= 15 is 0 Å². The molecule has 2 aliphatic rings. The summed E-state index contributed by atoms with van der Waals surface area (Å²) in [6.45, 7) is 19.4. The van der Waals surface area contributed by atoms with Gasteiger partial charge in [-0.3, -0.25) is 19.0 Å². The highest BCUT2D eigenvalue weighted by atomic mass is 79.9. The molecule has 0 amide bonds. The number of esters is 2. The molecule has 2 heterocycles. The van der Waals surface area contributed by atoms with Gasteiger partial charge in [-0.1, -0.05) is 132 Å². The lowest BCUT2D eigenvalue weighted by atomic mass is 9.63. The Hall–Kier alpha value is -5.68. The molecule has 356 valence electrons. The lowest BCUT2D eigenvalue weighted by Crippen LogP contribution is -2.33. The van der Waals surface area contributed by atoms with E-state index in [2.05, 4.69) is 118 Å². The number of alkyl halides is 1. The number of phenolic OH excluding ortho intramolecular Hbond substituents is 1. The third kappa shape index (κ3) is 12.7. The monoisotopic (exact) mass is 972 g/mol. The fraction of sp³-hybridized carbons (Fsp3) is 0.429. The summed E-state index contributed by atoms with van der Waals surface area (Å²) in [5, 5.41) is 18.7. The molecule has 8 rings (SSSR count). The molecule has 1 N–H and O–H groups in total. The Morgan fingerprint density at radius 2 is 1.00 bits per heavy atom. The maximum absolute atomic E-state index is 11.9. The van der Waals surface area contributed by atoms with Crippen LogP contribution in [-0.4, -0.2) is 50.8 Å². The van der Waals surface area contributed by atoms with Gasteiger partial charge in [0.25, 0.3) is 0 Å². The Morgan fingerprint density at radius 1 is 0.597 bits per heavy atom. The Morgan fingerprint density at radius 3 is 1.40 bits per heavy atom. The second kappa shape index (κ2) is 21.5. The quantitative estimate of drug-likeness (QED) is 0.0952. The number of methoxy groups -OCH3 is 2. The van der Waals surface area contributed by atoms with Crippen molar-refractivity contribution in [3.8, 4) is 11.5 Å². The molecule has 2 aliphatic carbocycles. The molecular weight excluding hydrogens is 905 g/mol. The minimum Gasteiger partial charge on any atom is -0.508 e. The smallest absolute Gasteiger partial charge is 0.308 e. The van der Waals surface area contributed by atoms with Crippen LogP contribution in [-0.2, 0) is 52.7 Å². The zero-order valence-corrected chi connectivity index (χ0v) is 42.6. The highest BCUT2D eigenvalue weighted by Gasteiger charge is 2.38. The Bertz CT molecular complexity index is 2550. The van der Waals surface area contributed by atoms with Crippen LogP contribution >= 0.6 is 15.9 Å². The summed E-state index contributed by atoms with van der Waals surface area (Å²) < 4.78 is 19.2. The number of carbonyl (C=O) groups excluding carboxylic acids is 2. The summed E-state index contributed by atoms with van der Waals surface area (Å²) in [6, 6.07) is 31.6. The minimum atomic E-state index is -0.302. The highest BCUT2D eigenvalue weighted by molar-refractivity contribution is 9.08. The average molecular weight is 974 g/mol. The van der Waals surface area contributed by atoms with E-state index in [1.165, 1.54) is 62.2 Å². The molecule has 2 aromatic heterocycles. The maximum Gasteiger partial charge on any atom is 0.308 e. The zero-order chi connectivity index (χ0) is 48.6. The van der Waals surface area contributed by atoms with E-state index in [0.29, 0.717) is 17.4 Å². The molecule has 10 nitrogen and oxygen atoms in total. The van der Waals surface area contributed by atoms with Crippen LogP contribution in [0.1, 0.15) is 151 Å². The second-order valence-corrected chi connectivity index (χ2v) is 21.0. The van der Waals surface area contributed by atoms with Crippen LogP contribution < -0.4 is 4.74 Å². The average Bonchev–Trinajstić information content (AvgIpc) is 4.07. The van der Waals surface area contributed by atoms with Crippen molar-refractivity contribution >= 4 is 27.9 Å². The molecular formula is C56H69BrN4O6. The van der Waals surface area contributed by atoms with Crippen molar-refractivity contribution < 1.29 is 28.9 Å². The summed E-state index contributed by atoms with van der Waals surface area (Å²) >= 11 is 3.55. The van der Waals surface area contributed by atoms with Gasteiger partial charge in [0, 0.05) is 30.1 Å². The fourth-order valence-electron chi connectivity index (χ4n) is 9.23. The van der Waals surface area contributed by atoms with Crippen LogP contribution in [0, 0.1) is 0 Å². The van der Waals surface area contributed by atoms with Gasteiger partial charge in [0.15, 0.2) is 0 Å². The molecule has 11 heteroatoms. The van der Waals surface area contributed by atoms with Gasteiger partial charge >= 0.3 is 11.9 Å². The van der Waals surface area contributed by atoms with Gasteiger partial charge in [0.1, 0.15) is 18.1 Å². The predicted molar refractivity (Wildman–Crippen MR) is 269 cm³/mol. The van der Waals surface area contributed by atoms with Gasteiger partial charge in [0.05, 0.1) is 39.1 Å². The molecule has 0 saturated carbocycles. The van der Waals surface area contributed by atoms with Crippen molar-refractivity contribution in [2.24, 2.45) is 0 Å². The summed E-state index contributed by atoms with van der Waals surface area (Å²) in [7, 11) is 2.77. The molecule has 0 spiro atoms. The summed E-state index contributed by atoms with van der Waals surface area (Å²) in [4.78, 5) is 23.4. The summed E-state index contributed by atoms with van der Waals surface area (Å²) in [6.07, 6.45) is 12.4. The zero-order valence-electron chi connectivity index (χ0n) is 41.0. The Labute approximate surface area is 406 Å². The number of aromatic hydroxyl groups is 1. The number of hydrogen-bond acceptors (Lipinski definition) is 8. The standard InChI is InChI=1S/C28H34N2O3.C15H21Br.C13H14N2O3/c1-27(2)13-14-28(3,4)24-17-20(7-12-23(24)27)19-33-22-10-8-21(9-11-22)25(18-26(31)32-5)30-16-6-15-29-30;1-14(2)7-8-15(3,4)13-9-11(10-16)5-6-12(13)14;1-18-13(17)9-12(15-8-2-7-14-15)10-3-5-11(16)6-4-10/h6-12,15-17,25H,13-14,18-19H2,1-5H3;5-6,9H,7-8,10H2,1-4H3;2-8,12,16H,9H2,1H3/t;;12-/m..1/s1. The van der Waals surface area contributed by atoms with E-state index in [4.69, 9.17) is 14.2 Å². The fourth-order valence-corrected chi connectivity index (χ4v) is 9.58. The molecule has 4 aromatic carbocycles. The van der Waals surface area contributed by atoms with Gasteiger partial charge in [-0.05, 0) is 128 Å². The minimum absolute atomic E-state index is 0.184. The van der Waals surface area contributed by atoms with E-state index in [1.54, 1.807) is 69.4 Å².